The van der Waals surface area contributed by atoms with Crippen molar-refractivity contribution in [1.82, 2.24) is 0 Å². The number of benzene rings is 2. The number of methoxy groups -OCH3 is 1. The Bertz CT molecular complexity index is 980. The van der Waals surface area contributed by atoms with Crippen molar-refractivity contribution in [2.24, 2.45) is 5.41 Å². The molecule has 2 rings (SSSR count). The molecule has 0 atom stereocenters. The lowest BCUT2D eigenvalue weighted by Crippen LogP contribution is -2.41. The second kappa shape index (κ2) is 8.55. The number of carbonyl (C=O) groups excluding carboxylic acids is 3. The van der Waals surface area contributed by atoms with E-state index in [4.69, 9.17) is 16.9 Å². The van der Waals surface area contributed by atoms with E-state index in [0.29, 0.717) is 11.3 Å². The predicted molar refractivity (Wildman–Crippen MR) is 105 cm³/mol. The fraction of sp³-hybridized carbons (Fsp3) is 0.200. The summed E-state index contributed by atoms with van der Waals surface area (Å²) < 4.78 is 4.65. The molecule has 2 amide bonds. The maximum atomic E-state index is 12.7. The largest absolute Gasteiger partial charge is 0.465 e. The molecule has 0 aliphatic heterocycles. The van der Waals surface area contributed by atoms with E-state index in [2.05, 4.69) is 15.4 Å². The maximum Gasteiger partial charge on any atom is 0.337 e. The lowest BCUT2D eigenvalue weighted by atomic mass is 9.90. The van der Waals surface area contributed by atoms with Gasteiger partial charge in [-0.1, -0.05) is 17.7 Å². The molecule has 0 radical (unpaired) electrons. The van der Waals surface area contributed by atoms with E-state index in [1.54, 1.807) is 18.2 Å². The molecule has 2 aromatic rings. The van der Waals surface area contributed by atoms with Gasteiger partial charge in [0.15, 0.2) is 0 Å². The third-order valence-electron chi connectivity index (χ3n) is 4.02. The average Bonchev–Trinajstić information content (AvgIpc) is 2.68. The second-order valence-corrected chi connectivity index (χ2v) is 6.82. The van der Waals surface area contributed by atoms with Crippen LogP contribution in [-0.4, -0.2) is 24.9 Å². The number of amides is 2. The zero-order valence-electron chi connectivity index (χ0n) is 15.5. The van der Waals surface area contributed by atoms with Gasteiger partial charge in [0.05, 0.1) is 35.0 Å². The van der Waals surface area contributed by atoms with Crippen molar-refractivity contribution < 1.29 is 19.1 Å². The Kier molecular flexibility index (Phi) is 6.39. The van der Waals surface area contributed by atoms with E-state index in [-0.39, 0.29) is 16.3 Å². The van der Waals surface area contributed by atoms with Gasteiger partial charge in [0.25, 0.3) is 0 Å². The van der Waals surface area contributed by atoms with Gasteiger partial charge >= 0.3 is 5.97 Å². The smallest absolute Gasteiger partial charge is 0.337 e. The summed E-state index contributed by atoms with van der Waals surface area (Å²) in [6, 6.07) is 12.6. The van der Waals surface area contributed by atoms with Gasteiger partial charge in [0.2, 0.25) is 11.8 Å². The molecule has 0 saturated heterocycles. The van der Waals surface area contributed by atoms with Crippen LogP contribution in [0.1, 0.15) is 29.8 Å². The highest BCUT2D eigenvalue weighted by Crippen LogP contribution is 2.27. The number of rotatable bonds is 5. The van der Waals surface area contributed by atoms with Gasteiger partial charge in [-0.15, -0.1) is 0 Å². The summed E-state index contributed by atoms with van der Waals surface area (Å²) in [5, 5.41) is 14.3. The highest BCUT2D eigenvalue weighted by molar-refractivity contribution is 6.34. The van der Waals surface area contributed by atoms with Gasteiger partial charge in [0, 0.05) is 5.69 Å². The molecule has 0 aliphatic rings. The molecule has 0 heterocycles. The fourth-order valence-corrected chi connectivity index (χ4v) is 2.37. The number of hydrogen-bond acceptors (Lipinski definition) is 5. The van der Waals surface area contributed by atoms with Gasteiger partial charge < -0.3 is 15.4 Å². The number of ether oxygens (including phenoxy) is 1. The molecule has 144 valence electrons. The zero-order chi connectivity index (χ0) is 20.9. The van der Waals surface area contributed by atoms with E-state index < -0.39 is 23.2 Å². The number of hydrogen-bond donors (Lipinski definition) is 2. The first-order chi connectivity index (χ1) is 13.2. The third kappa shape index (κ3) is 4.67. The van der Waals surface area contributed by atoms with Crippen LogP contribution in [0.4, 0.5) is 11.4 Å². The molecule has 2 N–H and O–H groups in total. The summed E-state index contributed by atoms with van der Waals surface area (Å²) in [6.07, 6.45) is 0. The minimum absolute atomic E-state index is 0.182. The zero-order valence-corrected chi connectivity index (χ0v) is 16.3. The Labute approximate surface area is 167 Å². The number of esters is 1. The maximum absolute atomic E-state index is 12.7. The van der Waals surface area contributed by atoms with Crippen LogP contribution in [0.15, 0.2) is 42.5 Å². The first-order valence-corrected chi connectivity index (χ1v) is 8.57. The van der Waals surface area contributed by atoms with Gasteiger partial charge in [-0.25, -0.2) is 4.79 Å². The molecule has 0 unspecified atom stereocenters. The molecule has 2 aromatic carbocycles. The summed E-state index contributed by atoms with van der Waals surface area (Å²) in [4.78, 5) is 37.0. The van der Waals surface area contributed by atoms with Crippen molar-refractivity contribution in [1.29, 1.82) is 5.26 Å². The molecule has 0 spiro atoms. The predicted octanol–water partition coefficient (Wildman–Crippen LogP) is 3.60. The number of nitrogens with zero attached hydrogens (tertiary/aromatic N) is 1. The monoisotopic (exact) mass is 399 g/mol. The molecule has 0 aromatic heterocycles. The highest BCUT2D eigenvalue weighted by atomic mass is 35.5. The molecular formula is C20H18ClN3O4. The molecule has 0 aliphatic carbocycles. The Morgan fingerprint density at radius 3 is 2.39 bits per heavy atom. The molecule has 0 bridgehead atoms. The van der Waals surface area contributed by atoms with Crippen molar-refractivity contribution in [3.05, 3.63) is 58.6 Å². The minimum atomic E-state index is -1.47. The lowest BCUT2D eigenvalue weighted by molar-refractivity contribution is -0.135. The molecule has 7 nitrogen and oxygen atoms in total. The van der Waals surface area contributed by atoms with Crippen LogP contribution in [0.25, 0.3) is 0 Å². The average molecular weight is 400 g/mol. The van der Waals surface area contributed by atoms with Gasteiger partial charge in [-0.05, 0) is 50.2 Å². The Morgan fingerprint density at radius 1 is 1.07 bits per heavy atom. The number of carbonyl (C=O) groups is 3. The SMILES string of the molecule is COC(=O)c1ccc(Cl)c(NC(=O)C(C)(C)C(=O)Nc2cccc(C#N)c2)c1. The van der Waals surface area contributed by atoms with E-state index in [1.807, 2.05) is 6.07 Å². The van der Waals surface area contributed by atoms with E-state index in [0.717, 1.165) is 0 Å². The van der Waals surface area contributed by atoms with Crippen LogP contribution in [0, 0.1) is 16.7 Å². The Morgan fingerprint density at radius 2 is 1.75 bits per heavy atom. The summed E-state index contributed by atoms with van der Waals surface area (Å²) in [7, 11) is 1.24. The standard InChI is InChI=1S/C20H18ClN3O4/c1-20(2,18(26)23-14-6-4-5-12(9-14)11-22)19(27)24-16-10-13(17(25)28-3)7-8-15(16)21/h4-10H,1-3H3,(H,23,26)(H,24,27). The summed E-state index contributed by atoms with van der Waals surface area (Å²) >= 11 is 6.08. The lowest BCUT2D eigenvalue weighted by Gasteiger charge is -2.23. The van der Waals surface area contributed by atoms with Crippen molar-refractivity contribution in [3.8, 4) is 6.07 Å². The molecule has 28 heavy (non-hydrogen) atoms. The van der Waals surface area contributed by atoms with Crippen LogP contribution in [0.5, 0.6) is 0 Å². The Balaban J connectivity index is 2.19. The third-order valence-corrected chi connectivity index (χ3v) is 4.35. The summed E-state index contributed by atoms with van der Waals surface area (Å²) in [5.41, 5.74) is -0.297. The van der Waals surface area contributed by atoms with Crippen molar-refractivity contribution in [2.45, 2.75) is 13.8 Å². The van der Waals surface area contributed by atoms with Crippen LogP contribution in [0.2, 0.25) is 5.02 Å². The van der Waals surface area contributed by atoms with Crippen molar-refractivity contribution in [2.75, 3.05) is 17.7 Å². The number of nitriles is 1. The van der Waals surface area contributed by atoms with Gasteiger partial charge in [0.1, 0.15) is 5.41 Å². The van der Waals surface area contributed by atoms with E-state index in [1.165, 1.54) is 45.2 Å². The molecule has 0 fully saturated rings. The Hall–Kier alpha value is -3.37. The summed E-state index contributed by atoms with van der Waals surface area (Å²) in [5.74, 6) is -1.77. The number of halogens is 1. The van der Waals surface area contributed by atoms with Crippen LogP contribution in [0.3, 0.4) is 0 Å². The van der Waals surface area contributed by atoms with Crippen molar-refractivity contribution >= 4 is 40.8 Å². The number of nitrogens with one attached hydrogen (secondary N) is 2. The fourth-order valence-electron chi connectivity index (χ4n) is 2.20. The van der Waals surface area contributed by atoms with Gasteiger partial charge in [-0.3, -0.25) is 9.59 Å². The second-order valence-electron chi connectivity index (χ2n) is 6.41. The number of anilines is 2. The van der Waals surface area contributed by atoms with Crippen LogP contribution >= 0.6 is 11.6 Å². The van der Waals surface area contributed by atoms with Gasteiger partial charge in [-0.2, -0.15) is 5.26 Å². The van der Waals surface area contributed by atoms with Crippen LogP contribution in [-0.2, 0) is 14.3 Å². The normalized spacial score (nSPS) is 10.5. The van der Waals surface area contributed by atoms with E-state index in [9.17, 15) is 14.4 Å². The molecular weight excluding hydrogens is 382 g/mol. The minimum Gasteiger partial charge on any atom is -0.465 e. The topological polar surface area (TPSA) is 108 Å². The summed E-state index contributed by atoms with van der Waals surface area (Å²) in [6.45, 7) is 2.90. The first-order valence-electron chi connectivity index (χ1n) is 8.20. The molecule has 8 heteroatoms. The van der Waals surface area contributed by atoms with E-state index >= 15 is 0 Å². The molecule has 0 saturated carbocycles. The van der Waals surface area contributed by atoms with Crippen molar-refractivity contribution in [3.63, 3.8) is 0 Å². The first kappa shape index (κ1) is 20.9. The quantitative estimate of drug-likeness (QED) is 0.589. The van der Waals surface area contributed by atoms with Crippen LogP contribution < -0.4 is 10.6 Å². The highest BCUT2D eigenvalue weighted by Gasteiger charge is 2.36.